The molecule has 2 aromatic heterocycles. The monoisotopic (exact) mass is 202 g/mol. The van der Waals surface area contributed by atoms with Gasteiger partial charge in [-0.05, 0) is 12.1 Å². The minimum absolute atomic E-state index is 0.0137. The average molecular weight is 202 g/mol. The van der Waals surface area contributed by atoms with E-state index in [4.69, 9.17) is 5.73 Å². The van der Waals surface area contributed by atoms with Gasteiger partial charge in [-0.2, -0.15) is 13.2 Å². The van der Waals surface area contributed by atoms with Crippen LogP contribution in [-0.2, 0) is 6.18 Å². The zero-order chi connectivity index (χ0) is 10.3. The Morgan fingerprint density at radius 3 is 2.64 bits per heavy atom. The van der Waals surface area contributed by atoms with Crippen molar-refractivity contribution in [1.29, 1.82) is 0 Å². The first-order valence-electron chi connectivity index (χ1n) is 3.66. The molecule has 2 N–H and O–H groups in total. The summed E-state index contributed by atoms with van der Waals surface area (Å²) in [7, 11) is 0. The summed E-state index contributed by atoms with van der Waals surface area (Å²) in [4.78, 5) is 0. The average Bonchev–Trinajstić information content (AvgIpc) is 2.47. The first kappa shape index (κ1) is 8.79. The van der Waals surface area contributed by atoms with Gasteiger partial charge < -0.3 is 5.73 Å². The topological polar surface area (TPSA) is 56.2 Å². The van der Waals surface area contributed by atoms with Gasteiger partial charge >= 0.3 is 6.18 Å². The van der Waals surface area contributed by atoms with Gasteiger partial charge in [-0.3, -0.25) is 4.40 Å². The van der Waals surface area contributed by atoms with Crippen molar-refractivity contribution in [2.24, 2.45) is 0 Å². The standard InChI is InChI=1S/C7H5F3N4/c8-7(9,10)6-13-12-5-4(11)2-1-3-14(5)6/h1-3H,11H2. The van der Waals surface area contributed by atoms with Gasteiger partial charge in [0.25, 0.3) is 0 Å². The molecule has 4 nitrogen and oxygen atoms in total. The Bertz CT molecular complexity index is 473. The fourth-order valence-corrected chi connectivity index (χ4v) is 1.13. The molecule has 0 fully saturated rings. The molecule has 0 amide bonds. The number of halogens is 3. The number of nitrogens with two attached hydrogens (primary N) is 1. The summed E-state index contributed by atoms with van der Waals surface area (Å²) in [6, 6.07) is 2.87. The number of fused-ring (bicyclic) bond motifs is 1. The van der Waals surface area contributed by atoms with E-state index in [-0.39, 0.29) is 11.3 Å². The molecule has 0 radical (unpaired) electrons. The van der Waals surface area contributed by atoms with E-state index in [0.717, 1.165) is 4.40 Å². The molecule has 7 heteroatoms. The summed E-state index contributed by atoms with van der Waals surface area (Å²) in [6.45, 7) is 0. The summed E-state index contributed by atoms with van der Waals surface area (Å²) in [5, 5.41) is 6.39. The van der Waals surface area contributed by atoms with Gasteiger partial charge in [0.2, 0.25) is 5.82 Å². The van der Waals surface area contributed by atoms with Crippen molar-refractivity contribution in [3.8, 4) is 0 Å². The molecule has 2 heterocycles. The number of anilines is 1. The van der Waals surface area contributed by atoms with Crippen LogP contribution in [0.4, 0.5) is 18.9 Å². The van der Waals surface area contributed by atoms with Crippen LogP contribution < -0.4 is 5.73 Å². The lowest BCUT2D eigenvalue weighted by atomic mass is 10.4. The number of nitrogen functional groups attached to an aromatic ring is 1. The molecular weight excluding hydrogens is 197 g/mol. The molecule has 0 unspecified atom stereocenters. The van der Waals surface area contributed by atoms with Gasteiger partial charge in [-0.15, -0.1) is 10.2 Å². The lowest BCUT2D eigenvalue weighted by molar-refractivity contribution is -0.145. The molecular formula is C7H5F3N4. The van der Waals surface area contributed by atoms with E-state index in [1.807, 2.05) is 0 Å². The maximum absolute atomic E-state index is 12.3. The van der Waals surface area contributed by atoms with Crippen molar-refractivity contribution in [2.75, 3.05) is 5.73 Å². The smallest absolute Gasteiger partial charge is 0.396 e. The number of rotatable bonds is 0. The maximum atomic E-state index is 12.3. The first-order valence-corrected chi connectivity index (χ1v) is 3.66. The Kier molecular flexibility index (Phi) is 1.63. The number of hydrogen-bond donors (Lipinski definition) is 1. The van der Waals surface area contributed by atoms with Crippen LogP contribution in [0, 0.1) is 0 Å². The number of nitrogens with zero attached hydrogens (tertiary/aromatic N) is 3. The van der Waals surface area contributed by atoms with Crippen LogP contribution >= 0.6 is 0 Å². The summed E-state index contributed by atoms with van der Waals surface area (Å²) in [5.41, 5.74) is 5.60. The van der Waals surface area contributed by atoms with Crippen LogP contribution in [0.2, 0.25) is 0 Å². The molecule has 0 saturated carbocycles. The molecule has 0 aromatic carbocycles. The van der Waals surface area contributed by atoms with Crippen LogP contribution in [0.1, 0.15) is 5.82 Å². The molecule has 2 rings (SSSR count). The summed E-state index contributed by atoms with van der Waals surface area (Å²) in [5.74, 6) is -1.07. The Morgan fingerprint density at radius 2 is 2.00 bits per heavy atom. The summed E-state index contributed by atoms with van der Waals surface area (Å²) < 4.78 is 37.8. The third-order valence-corrected chi connectivity index (χ3v) is 1.72. The minimum atomic E-state index is -4.52. The van der Waals surface area contributed by atoms with Crippen LogP contribution in [0.25, 0.3) is 5.65 Å². The minimum Gasteiger partial charge on any atom is -0.396 e. The molecule has 0 saturated heterocycles. The summed E-state index contributed by atoms with van der Waals surface area (Å²) >= 11 is 0. The second kappa shape index (κ2) is 2.60. The Hall–Kier alpha value is -1.79. The summed E-state index contributed by atoms with van der Waals surface area (Å²) in [6.07, 6.45) is -3.30. The highest BCUT2D eigenvalue weighted by atomic mass is 19.4. The predicted octanol–water partition coefficient (Wildman–Crippen LogP) is 1.33. The van der Waals surface area contributed by atoms with Gasteiger partial charge in [-0.1, -0.05) is 0 Å². The lowest BCUT2D eigenvalue weighted by Crippen LogP contribution is -2.10. The number of aromatic nitrogens is 3. The first-order chi connectivity index (χ1) is 6.50. The predicted molar refractivity (Wildman–Crippen MR) is 42.4 cm³/mol. The quantitative estimate of drug-likeness (QED) is 0.701. The van der Waals surface area contributed by atoms with Crippen LogP contribution in [0.5, 0.6) is 0 Å². The Balaban J connectivity index is 2.76. The third-order valence-electron chi connectivity index (χ3n) is 1.72. The molecule has 0 aliphatic carbocycles. The highest BCUT2D eigenvalue weighted by molar-refractivity contribution is 5.63. The van der Waals surface area contributed by atoms with Crippen LogP contribution in [-0.4, -0.2) is 14.6 Å². The van der Waals surface area contributed by atoms with Gasteiger partial charge in [-0.25, -0.2) is 0 Å². The zero-order valence-corrected chi connectivity index (χ0v) is 6.78. The van der Waals surface area contributed by atoms with Crippen molar-refractivity contribution in [3.63, 3.8) is 0 Å². The van der Waals surface area contributed by atoms with Gasteiger partial charge in [0, 0.05) is 6.20 Å². The fourth-order valence-electron chi connectivity index (χ4n) is 1.13. The second-order valence-corrected chi connectivity index (χ2v) is 2.68. The zero-order valence-electron chi connectivity index (χ0n) is 6.78. The maximum Gasteiger partial charge on any atom is 0.452 e. The lowest BCUT2D eigenvalue weighted by Gasteiger charge is -2.03. The van der Waals surface area contributed by atoms with Crippen LogP contribution in [0.15, 0.2) is 18.3 Å². The van der Waals surface area contributed by atoms with Crippen molar-refractivity contribution in [1.82, 2.24) is 14.6 Å². The van der Waals surface area contributed by atoms with Crippen molar-refractivity contribution in [3.05, 3.63) is 24.2 Å². The van der Waals surface area contributed by atoms with E-state index < -0.39 is 12.0 Å². The van der Waals surface area contributed by atoms with Gasteiger partial charge in [0.1, 0.15) is 0 Å². The SMILES string of the molecule is Nc1cccn2c(C(F)(F)F)nnc12. The molecule has 0 aliphatic rings. The molecule has 0 spiro atoms. The van der Waals surface area contributed by atoms with E-state index in [2.05, 4.69) is 10.2 Å². The van der Waals surface area contributed by atoms with Crippen molar-refractivity contribution in [2.45, 2.75) is 6.18 Å². The van der Waals surface area contributed by atoms with Crippen LogP contribution in [0.3, 0.4) is 0 Å². The highest BCUT2D eigenvalue weighted by Crippen LogP contribution is 2.28. The van der Waals surface area contributed by atoms with E-state index in [0.29, 0.717) is 0 Å². The Labute approximate surface area is 76.2 Å². The van der Waals surface area contributed by atoms with Gasteiger partial charge in [0.15, 0.2) is 5.65 Å². The van der Waals surface area contributed by atoms with E-state index >= 15 is 0 Å². The Morgan fingerprint density at radius 1 is 1.29 bits per heavy atom. The molecule has 0 aliphatic heterocycles. The number of pyridine rings is 1. The van der Waals surface area contributed by atoms with Gasteiger partial charge in [0.05, 0.1) is 5.69 Å². The normalized spacial score (nSPS) is 12.2. The molecule has 0 bridgehead atoms. The highest BCUT2D eigenvalue weighted by Gasteiger charge is 2.36. The second-order valence-electron chi connectivity index (χ2n) is 2.68. The molecule has 14 heavy (non-hydrogen) atoms. The third kappa shape index (κ3) is 1.17. The largest absolute Gasteiger partial charge is 0.452 e. The van der Waals surface area contributed by atoms with E-state index in [1.165, 1.54) is 18.3 Å². The van der Waals surface area contributed by atoms with E-state index in [1.54, 1.807) is 0 Å². The van der Waals surface area contributed by atoms with E-state index in [9.17, 15) is 13.2 Å². The fraction of sp³-hybridized carbons (Fsp3) is 0.143. The van der Waals surface area contributed by atoms with Crippen molar-refractivity contribution < 1.29 is 13.2 Å². The molecule has 0 atom stereocenters. The molecule has 74 valence electrons. The van der Waals surface area contributed by atoms with Crippen molar-refractivity contribution >= 4 is 11.3 Å². The number of hydrogen-bond acceptors (Lipinski definition) is 3. The molecule has 2 aromatic rings. The number of alkyl halides is 3.